The van der Waals surface area contributed by atoms with Crippen LogP contribution in [0.4, 0.5) is 0 Å². The van der Waals surface area contributed by atoms with E-state index in [4.69, 9.17) is 0 Å². The Hall–Kier alpha value is -0.830. The van der Waals surface area contributed by atoms with E-state index < -0.39 is 0 Å². The summed E-state index contributed by atoms with van der Waals surface area (Å²) >= 11 is 0. The van der Waals surface area contributed by atoms with Gasteiger partial charge in [-0.25, -0.2) is 0 Å². The summed E-state index contributed by atoms with van der Waals surface area (Å²) in [5.74, 6) is 0. The molecule has 1 aliphatic rings. The monoisotopic (exact) mass is 249 g/mol. The van der Waals surface area contributed by atoms with Crippen molar-refractivity contribution in [2.24, 2.45) is 12.5 Å². The van der Waals surface area contributed by atoms with Crippen LogP contribution in [0.25, 0.3) is 0 Å². The van der Waals surface area contributed by atoms with Gasteiger partial charge < -0.3 is 5.32 Å². The second-order valence-electron chi connectivity index (χ2n) is 7.19. The first-order valence-corrected chi connectivity index (χ1v) is 7.04. The molecule has 0 unspecified atom stereocenters. The molecule has 3 nitrogen and oxygen atoms in total. The highest BCUT2D eigenvalue weighted by Crippen LogP contribution is 2.39. The topological polar surface area (TPSA) is 29.9 Å². The highest BCUT2D eigenvalue weighted by Gasteiger charge is 2.31. The zero-order valence-corrected chi connectivity index (χ0v) is 12.5. The zero-order valence-electron chi connectivity index (χ0n) is 12.5. The zero-order chi connectivity index (χ0) is 13.4. The standard InChI is InChI=1S/C15H27N3/c1-14(2,3)13-12(10-18(5)17-13)9-16-11-15(4)7-6-8-15/h10,16H,6-9,11H2,1-5H3. The van der Waals surface area contributed by atoms with Crippen molar-refractivity contribution in [1.29, 1.82) is 0 Å². The highest BCUT2D eigenvalue weighted by atomic mass is 15.3. The summed E-state index contributed by atoms with van der Waals surface area (Å²) in [6.07, 6.45) is 6.30. The average Bonchev–Trinajstić information content (AvgIpc) is 2.57. The number of rotatable bonds is 4. The van der Waals surface area contributed by atoms with Crippen LogP contribution in [0.1, 0.15) is 58.2 Å². The minimum absolute atomic E-state index is 0.124. The number of nitrogens with zero attached hydrogens (tertiary/aromatic N) is 2. The van der Waals surface area contributed by atoms with Gasteiger partial charge in [0.05, 0.1) is 5.69 Å². The molecule has 0 bridgehead atoms. The molecule has 1 fully saturated rings. The number of nitrogens with one attached hydrogen (secondary N) is 1. The van der Waals surface area contributed by atoms with Gasteiger partial charge in [0, 0.05) is 37.3 Å². The van der Waals surface area contributed by atoms with Crippen LogP contribution in [0, 0.1) is 5.41 Å². The van der Waals surface area contributed by atoms with Crippen molar-refractivity contribution in [3.05, 3.63) is 17.5 Å². The summed E-state index contributed by atoms with van der Waals surface area (Å²) in [6, 6.07) is 0. The Morgan fingerprint density at radius 2 is 2.06 bits per heavy atom. The summed E-state index contributed by atoms with van der Waals surface area (Å²) in [7, 11) is 2.01. The molecule has 0 aliphatic heterocycles. The van der Waals surface area contributed by atoms with Gasteiger partial charge in [-0.05, 0) is 18.3 Å². The molecule has 0 amide bonds. The van der Waals surface area contributed by atoms with Crippen LogP contribution >= 0.6 is 0 Å². The van der Waals surface area contributed by atoms with Crippen LogP contribution in [-0.2, 0) is 19.0 Å². The molecule has 0 radical (unpaired) electrons. The predicted octanol–water partition coefficient (Wildman–Crippen LogP) is 3.00. The maximum atomic E-state index is 4.61. The Balaban J connectivity index is 1.96. The normalized spacial score (nSPS) is 18.7. The fourth-order valence-corrected chi connectivity index (χ4v) is 2.75. The maximum absolute atomic E-state index is 4.61. The minimum Gasteiger partial charge on any atom is -0.312 e. The Morgan fingerprint density at radius 3 is 2.56 bits per heavy atom. The lowest BCUT2D eigenvalue weighted by molar-refractivity contribution is 0.156. The van der Waals surface area contributed by atoms with Gasteiger partial charge in [-0.2, -0.15) is 5.10 Å². The smallest absolute Gasteiger partial charge is 0.0722 e. The van der Waals surface area contributed by atoms with Gasteiger partial charge in [0.2, 0.25) is 0 Å². The molecule has 1 saturated carbocycles. The second-order valence-corrected chi connectivity index (χ2v) is 7.19. The minimum atomic E-state index is 0.124. The van der Waals surface area contributed by atoms with E-state index in [0.717, 1.165) is 13.1 Å². The van der Waals surface area contributed by atoms with Crippen molar-refractivity contribution in [3.63, 3.8) is 0 Å². The highest BCUT2D eigenvalue weighted by molar-refractivity contribution is 5.23. The van der Waals surface area contributed by atoms with Crippen molar-refractivity contribution >= 4 is 0 Å². The molecular formula is C15H27N3. The van der Waals surface area contributed by atoms with E-state index in [-0.39, 0.29) is 5.41 Å². The number of aromatic nitrogens is 2. The van der Waals surface area contributed by atoms with Crippen molar-refractivity contribution in [1.82, 2.24) is 15.1 Å². The van der Waals surface area contributed by atoms with Gasteiger partial charge in [0.25, 0.3) is 0 Å². The molecule has 0 atom stereocenters. The van der Waals surface area contributed by atoms with E-state index in [1.807, 2.05) is 11.7 Å². The van der Waals surface area contributed by atoms with E-state index in [9.17, 15) is 0 Å². The lowest BCUT2D eigenvalue weighted by atomic mass is 9.70. The van der Waals surface area contributed by atoms with E-state index in [1.54, 1.807) is 0 Å². The summed E-state index contributed by atoms with van der Waals surface area (Å²) in [4.78, 5) is 0. The number of hydrogen-bond donors (Lipinski definition) is 1. The molecule has 0 aromatic carbocycles. The summed E-state index contributed by atoms with van der Waals surface area (Å²) in [5, 5.41) is 8.22. The van der Waals surface area contributed by atoms with Gasteiger partial charge in [-0.1, -0.05) is 34.1 Å². The van der Waals surface area contributed by atoms with Crippen LogP contribution in [-0.4, -0.2) is 16.3 Å². The first kappa shape index (κ1) is 13.6. The van der Waals surface area contributed by atoms with Gasteiger partial charge in [-0.15, -0.1) is 0 Å². The first-order chi connectivity index (χ1) is 8.30. The van der Waals surface area contributed by atoms with Gasteiger partial charge in [0.15, 0.2) is 0 Å². The van der Waals surface area contributed by atoms with Crippen molar-refractivity contribution in [2.45, 2.75) is 58.9 Å². The molecule has 1 N–H and O–H groups in total. The van der Waals surface area contributed by atoms with E-state index in [0.29, 0.717) is 5.41 Å². The fourth-order valence-electron chi connectivity index (χ4n) is 2.75. The first-order valence-electron chi connectivity index (χ1n) is 7.04. The molecule has 3 heteroatoms. The third kappa shape index (κ3) is 2.94. The summed E-state index contributed by atoms with van der Waals surface area (Å²) in [5.41, 5.74) is 3.23. The van der Waals surface area contributed by atoms with Crippen molar-refractivity contribution in [2.75, 3.05) is 6.54 Å². The Labute approximate surface area is 111 Å². The fraction of sp³-hybridized carbons (Fsp3) is 0.800. The molecule has 1 aliphatic carbocycles. The molecule has 1 aromatic rings. The Kier molecular flexibility index (Phi) is 3.54. The molecule has 2 rings (SSSR count). The SMILES string of the molecule is Cn1cc(CNCC2(C)CCC2)c(C(C)(C)C)n1. The third-order valence-electron chi connectivity index (χ3n) is 4.04. The Morgan fingerprint density at radius 1 is 1.39 bits per heavy atom. The van der Waals surface area contributed by atoms with E-state index in [2.05, 4.69) is 44.3 Å². The van der Waals surface area contributed by atoms with Gasteiger partial charge in [-0.3, -0.25) is 4.68 Å². The largest absolute Gasteiger partial charge is 0.312 e. The molecule has 18 heavy (non-hydrogen) atoms. The lowest BCUT2D eigenvalue weighted by Gasteiger charge is -2.38. The Bertz CT molecular complexity index is 408. The van der Waals surface area contributed by atoms with Crippen LogP contribution in [0.2, 0.25) is 0 Å². The van der Waals surface area contributed by atoms with Crippen LogP contribution in [0.15, 0.2) is 6.20 Å². The quantitative estimate of drug-likeness (QED) is 0.889. The van der Waals surface area contributed by atoms with Crippen LogP contribution < -0.4 is 5.32 Å². The number of aryl methyl sites for hydroxylation is 1. The molecule has 102 valence electrons. The third-order valence-corrected chi connectivity index (χ3v) is 4.04. The van der Waals surface area contributed by atoms with Gasteiger partial charge >= 0.3 is 0 Å². The van der Waals surface area contributed by atoms with Crippen molar-refractivity contribution < 1.29 is 0 Å². The van der Waals surface area contributed by atoms with Crippen LogP contribution in [0.5, 0.6) is 0 Å². The van der Waals surface area contributed by atoms with Crippen LogP contribution in [0.3, 0.4) is 0 Å². The van der Waals surface area contributed by atoms with Gasteiger partial charge in [0.1, 0.15) is 0 Å². The molecular weight excluding hydrogens is 222 g/mol. The summed E-state index contributed by atoms with van der Waals surface area (Å²) < 4.78 is 1.93. The van der Waals surface area contributed by atoms with E-state index in [1.165, 1.54) is 30.5 Å². The van der Waals surface area contributed by atoms with Crippen molar-refractivity contribution in [3.8, 4) is 0 Å². The molecule has 1 heterocycles. The average molecular weight is 249 g/mol. The molecule has 1 aromatic heterocycles. The molecule has 0 spiro atoms. The number of hydrogen-bond acceptors (Lipinski definition) is 2. The predicted molar refractivity (Wildman–Crippen MR) is 75.6 cm³/mol. The maximum Gasteiger partial charge on any atom is 0.0722 e. The molecule has 0 saturated heterocycles. The van der Waals surface area contributed by atoms with E-state index >= 15 is 0 Å². The lowest BCUT2D eigenvalue weighted by Crippen LogP contribution is -2.37. The second kappa shape index (κ2) is 4.69. The summed E-state index contributed by atoms with van der Waals surface area (Å²) in [6.45, 7) is 11.1.